The van der Waals surface area contributed by atoms with Gasteiger partial charge in [-0.25, -0.2) is 0 Å². The molecule has 2 fully saturated rings. The maximum atomic E-state index is 12.8. The summed E-state index contributed by atoms with van der Waals surface area (Å²) in [5, 5.41) is 8.64. The third-order valence-electron chi connectivity index (χ3n) is 4.54. The van der Waals surface area contributed by atoms with E-state index in [-0.39, 0.29) is 18.6 Å². The molecule has 0 spiro atoms. The summed E-state index contributed by atoms with van der Waals surface area (Å²) in [4.78, 5) is 15.3. The number of thioether (sulfide) groups is 1. The highest BCUT2D eigenvalue weighted by Gasteiger charge is 2.37. The van der Waals surface area contributed by atoms with Gasteiger partial charge in [-0.3, -0.25) is 9.69 Å². The number of rotatable bonds is 5. The molecule has 1 aromatic carbocycles. The summed E-state index contributed by atoms with van der Waals surface area (Å²) in [6.45, 7) is -0.0459. The Balaban J connectivity index is 1.80. The monoisotopic (exact) mass is 388 g/mol. The van der Waals surface area contributed by atoms with Crippen LogP contribution in [0.4, 0.5) is 0 Å². The van der Waals surface area contributed by atoms with Crippen molar-refractivity contribution in [3.05, 3.63) is 28.7 Å². The highest BCUT2D eigenvalue weighted by Crippen LogP contribution is 2.38. The van der Waals surface area contributed by atoms with Gasteiger partial charge in [-0.1, -0.05) is 49.3 Å². The van der Waals surface area contributed by atoms with Crippen LogP contribution >= 0.6 is 24.0 Å². The molecule has 2 aliphatic rings. The summed E-state index contributed by atoms with van der Waals surface area (Å²) in [5.74, 6) is 1.02. The molecule has 1 aliphatic heterocycles. The number of thiocarbonyl (C=S) groups is 1. The quantitative estimate of drug-likeness (QED) is 0.558. The van der Waals surface area contributed by atoms with E-state index >= 15 is 0 Å². The molecule has 3 rings (SSSR count). The van der Waals surface area contributed by atoms with Crippen molar-refractivity contribution >= 4 is 40.3 Å². The van der Waals surface area contributed by atoms with Crippen molar-refractivity contribution in [1.82, 2.24) is 4.90 Å². The Morgan fingerprint density at radius 1 is 1.35 bits per heavy atom. The molecular weight excluding hydrogens is 368 g/mol. The van der Waals surface area contributed by atoms with Gasteiger partial charge in [0.05, 0.1) is 12.0 Å². The highest BCUT2D eigenvalue weighted by atomic mass is 32.2. The molecule has 0 N–H and O–H groups in total. The molecule has 0 unspecified atom stereocenters. The third-order valence-corrected chi connectivity index (χ3v) is 5.87. The van der Waals surface area contributed by atoms with Gasteiger partial charge in [0.2, 0.25) is 0 Å². The van der Waals surface area contributed by atoms with E-state index in [1.54, 1.807) is 24.1 Å². The van der Waals surface area contributed by atoms with Crippen molar-refractivity contribution in [1.29, 1.82) is 5.26 Å². The third kappa shape index (κ3) is 4.02. The molecule has 1 heterocycles. The molecule has 26 heavy (non-hydrogen) atoms. The van der Waals surface area contributed by atoms with Gasteiger partial charge >= 0.3 is 0 Å². The summed E-state index contributed by atoms with van der Waals surface area (Å²) in [7, 11) is 1.54. The Morgan fingerprint density at radius 3 is 2.81 bits per heavy atom. The Morgan fingerprint density at radius 2 is 2.12 bits per heavy atom. The minimum Gasteiger partial charge on any atom is -0.493 e. The maximum absolute atomic E-state index is 12.8. The average molecular weight is 389 g/mol. The molecule has 0 bridgehead atoms. The van der Waals surface area contributed by atoms with Gasteiger partial charge in [0.25, 0.3) is 5.91 Å². The van der Waals surface area contributed by atoms with E-state index in [1.165, 1.54) is 18.2 Å². The molecule has 7 heteroatoms. The van der Waals surface area contributed by atoms with E-state index in [4.69, 9.17) is 27.0 Å². The normalized spacial score (nSPS) is 19.7. The van der Waals surface area contributed by atoms with Crippen molar-refractivity contribution in [3.8, 4) is 17.6 Å². The molecule has 136 valence electrons. The standard InChI is InChI=1S/C19H20N2O3S2/c1-23-16-11-13(7-8-15(16)24-10-9-20)12-17-18(22)21(19(25)26-17)14-5-3-2-4-6-14/h7-8,11-12,14H,2-6,10H2,1H3/b17-12+. The molecule has 1 aliphatic carbocycles. The number of benzene rings is 1. The molecule has 5 nitrogen and oxygen atoms in total. The van der Waals surface area contributed by atoms with Crippen LogP contribution in [0.25, 0.3) is 6.08 Å². The molecule has 1 saturated carbocycles. The van der Waals surface area contributed by atoms with Crippen molar-refractivity contribution in [2.24, 2.45) is 0 Å². The first-order valence-corrected chi connectivity index (χ1v) is 9.81. The summed E-state index contributed by atoms with van der Waals surface area (Å²) < 4.78 is 11.3. The van der Waals surface area contributed by atoms with Gasteiger partial charge < -0.3 is 9.47 Å². The summed E-state index contributed by atoms with van der Waals surface area (Å²) >= 11 is 6.82. The Bertz CT molecular complexity index is 779. The van der Waals surface area contributed by atoms with Gasteiger partial charge in [0.15, 0.2) is 18.1 Å². The Kier molecular flexibility index (Phi) is 6.17. The van der Waals surface area contributed by atoms with Crippen LogP contribution in [0.2, 0.25) is 0 Å². The van der Waals surface area contributed by atoms with E-state index in [2.05, 4.69) is 0 Å². The molecular formula is C19H20N2O3S2. The maximum Gasteiger partial charge on any atom is 0.266 e. The highest BCUT2D eigenvalue weighted by molar-refractivity contribution is 8.26. The number of amides is 1. The van der Waals surface area contributed by atoms with Crippen LogP contribution in [0.1, 0.15) is 37.7 Å². The summed E-state index contributed by atoms with van der Waals surface area (Å²) in [6.07, 6.45) is 7.43. The van der Waals surface area contributed by atoms with Gasteiger partial charge in [0.1, 0.15) is 10.4 Å². The van der Waals surface area contributed by atoms with Gasteiger partial charge in [-0.05, 0) is 36.6 Å². The van der Waals surface area contributed by atoms with E-state index in [1.807, 2.05) is 18.2 Å². The zero-order valence-electron chi connectivity index (χ0n) is 14.6. The molecule has 0 atom stereocenters. The SMILES string of the molecule is COc1cc(/C=C2/SC(=S)N(C3CCCCC3)C2=O)ccc1OCC#N. The lowest BCUT2D eigenvalue weighted by Crippen LogP contribution is -2.39. The minimum absolute atomic E-state index is 0.00401. The second kappa shape index (κ2) is 8.56. The number of carbonyl (C=O) groups excluding carboxylic acids is 1. The molecule has 0 radical (unpaired) electrons. The number of ether oxygens (including phenoxy) is 2. The number of methoxy groups -OCH3 is 1. The largest absolute Gasteiger partial charge is 0.493 e. The number of hydrogen-bond acceptors (Lipinski definition) is 6. The predicted molar refractivity (Wildman–Crippen MR) is 106 cm³/mol. The second-order valence-corrected chi connectivity index (χ2v) is 7.88. The summed E-state index contributed by atoms with van der Waals surface area (Å²) in [6, 6.07) is 7.53. The molecule has 0 aromatic heterocycles. The van der Waals surface area contributed by atoms with E-state index in [0.29, 0.717) is 20.7 Å². The van der Waals surface area contributed by atoms with Crippen molar-refractivity contribution in [3.63, 3.8) is 0 Å². The number of carbonyl (C=O) groups is 1. The van der Waals surface area contributed by atoms with Gasteiger partial charge in [-0.15, -0.1) is 0 Å². The van der Waals surface area contributed by atoms with Gasteiger partial charge in [-0.2, -0.15) is 5.26 Å². The molecule has 1 aromatic rings. The van der Waals surface area contributed by atoms with Crippen LogP contribution in [0.15, 0.2) is 23.1 Å². The van der Waals surface area contributed by atoms with Crippen molar-refractivity contribution in [2.45, 2.75) is 38.1 Å². The van der Waals surface area contributed by atoms with Crippen LogP contribution in [0.5, 0.6) is 11.5 Å². The first kappa shape index (κ1) is 18.7. The smallest absolute Gasteiger partial charge is 0.266 e. The zero-order valence-corrected chi connectivity index (χ0v) is 16.2. The van der Waals surface area contributed by atoms with Crippen LogP contribution in [0.3, 0.4) is 0 Å². The lowest BCUT2D eigenvalue weighted by molar-refractivity contribution is -0.124. The van der Waals surface area contributed by atoms with Crippen LogP contribution in [0, 0.1) is 11.3 Å². The van der Waals surface area contributed by atoms with E-state index in [9.17, 15) is 4.79 Å². The Labute approximate surface area is 162 Å². The second-order valence-electron chi connectivity index (χ2n) is 6.20. The van der Waals surface area contributed by atoms with Crippen LogP contribution in [-0.4, -0.2) is 34.9 Å². The number of nitriles is 1. The average Bonchev–Trinajstić information content (AvgIpc) is 2.94. The fourth-order valence-electron chi connectivity index (χ4n) is 3.29. The van der Waals surface area contributed by atoms with Crippen molar-refractivity contribution < 1.29 is 14.3 Å². The van der Waals surface area contributed by atoms with Crippen molar-refractivity contribution in [2.75, 3.05) is 13.7 Å². The van der Waals surface area contributed by atoms with Crippen LogP contribution < -0.4 is 9.47 Å². The summed E-state index contributed by atoms with van der Waals surface area (Å²) in [5.41, 5.74) is 0.829. The lowest BCUT2D eigenvalue weighted by Gasteiger charge is -2.29. The Hall–Kier alpha value is -2.04. The molecule has 1 saturated heterocycles. The zero-order chi connectivity index (χ0) is 18.5. The fraction of sp³-hybridized carbons (Fsp3) is 0.421. The van der Waals surface area contributed by atoms with E-state index in [0.717, 1.165) is 31.2 Å². The van der Waals surface area contributed by atoms with Gasteiger partial charge in [0, 0.05) is 6.04 Å². The van der Waals surface area contributed by atoms with E-state index < -0.39 is 0 Å². The topological polar surface area (TPSA) is 62.6 Å². The minimum atomic E-state index is -0.0459. The lowest BCUT2D eigenvalue weighted by atomic mass is 9.94. The number of nitrogens with zero attached hydrogens (tertiary/aromatic N) is 2. The predicted octanol–water partition coefficient (Wildman–Crippen LogP) is 4.13. The first-order chi connectivity index (χ1) is 12.6. The fourth-order valence-corrected chi connectivity index (χ4v) is 4.69. The number of hydrogen-bond donors (Lipinski definition) is 0. The van der Waals surface area contributed by atoms with Crippen LogP contribution in [-0.2, 0) is 4.79 Å². The molecule has 1 amide bonds. The first-order valence-electron chi connectivity index (χ1n) is 8.59.